The molecule has 0 aliphatic carbocycles. The lowest BCUT2D eigenvalue weighted by atomic mass is 10.1. The third-order valence-corrected chi connectivity index (χ3v) is 9.37. The molecule has 1 N–H and O–H groups in total. The smallest absolute Gasteiger partial charge is 0.0470 e. The maximum absolute atomic E-state index is 8.71. The highest BCUT2D eigenvalue weighted by atomic mass is 28.3. The highest BCUT2D eigenvalue weighted by Crippen LogP contribution is 2.25. The van der Waals surface area contributed by atoms with Gasteiger partial charge in [-0.1, -0.05) is 83.0 Å². The Morgan fingerprint density at radius 1 is 0.611 bits per heavy atom. The van der Waals surface area contributed by atoms with Crippen LogP contribution in [0.25, 0.3) is 0 Å². The van der Waals surface area contributed by atoms with Gasteiger partial charge in [0.25, 0.3) is 0 Å². The topological polar surface area (TPSA) is 20.2 Å². The molecule has 3 heteroatoms. The summed E-state index contributed by atoms with van der Waals surface area (Å²) in [5.74, 6) is 0. The minimum atomic E-state index is -0.894. The van der Waals surface area contributed by atoms with Crippen molar-refractivity contribution in [2.45, 2.75) is 89.4 Å². The molecule has 0 aromatic heterocycles. The largest absolute Gasteiger partial charge is 0.396 e. The van der Waals surface area contributed by atoms with Crippen LogP contribution in [0.3, 0.4) is 0 Å². The number of aliphatic hydroxyl groups is 1. The van der Waals surface area contributed by atoms with Gasteiger partial charge < -0.3 is 5.11 Å². The van der Waals surface area contributed by atoms with Crippen molar-refractivity contribution in [1.29, 1.82) is 0 Å². The van der Waals surface area contributed by atoms with Crippen LogP contribution in [0.2, 0.25) is 50.9 Å². The summed E-state index contributed by atoms with van der Waals surface area (Å²) in [5.41, 5.74) is 0. The zero-order valence-electron chi connectivity index (χ0n) is 13.5. The van der Waals surface area contributed by atoms with Crippen LogP contribution in [-0.4, -0.2) is 27.9 Å². The van der Waals surface area contributed by atoms with E-state index in [0.717, 1.165) is 6.42 Å². The molecular weight excluding hydrogens is 252 g/mol. The van der Waals surface area contributed by atoms with Crippen LogP contribution in [0.4, 0.5) is 0 Å². The number of rotatable bonds is 11. The molecule has 0 aromatic rings. The predicted octanol–water partition coefficient (Wildman–Crippen LogP) is 5.37. The zero-order valence-corrected chi connectivity index (χ0v) is 15.5. The summed E-state index contributed by atoms with van der Waals surface area (Å²) in [7, 11) is -1.72. The van der Waals surface area contributed by atoms with E-state index in [2.05, 4.69) is 32.7 Å². The van der Waals surface area contributed by atoms with Crippen molar-refractivity contribution in [3.63, 3.8) is 0 Å². The Morgan fingerprint density at radius 2 is 1.11 bits per heavy atom. The van der Waals surface area contributed by atoms with Gasteiger partial charge in [0.15, 0.2) is 0 Å². The summed E-state index contributed by atoms with van der Waals surface area (Å²) in [6.45, 7) is 13.0. The van der Waals surface area contributed by atoms with Gasteiger partial charge in [-0.25, -0.2) is 0 Å². The van der Waals surface area contributed by atoms with Gasteiger partial charge in [0.1, 0.15) is 0 Å². The van der Waals surface area contributed by atoms with Gasteiger partial charge in [-0.2, -0.15) is 0 Å². The van der Waals surface area contributed by atoms with E-state index in [1.807, 2.05) is 0 Å². The molecule has 0 fully saturated rings. The van der Waals surface area contributed by atoms with Crippen LogP contribution in [0.15, 0.2) is 0 Å². The molecule has 0 aliphatic rings. The van der Waals surface area contributed by atoms with Gasteiger partial charge in [-0.15, -0.1) is 0 Å². The third kappa shape index (κ3) is 12.8. The summed E-state index contributed by atoms with van der Waals surface area (Å²) < 4.78 is 0. The normalized spacial score (nSPS) is 13.0. The monoisotopic (exact) mass is 288 g/mol. The minimum Gasteiger partial charge on any atom is -0.396 e. The Labute approximate surface area is 117 Å². The second-order valence-electron chi connectivity index (χ2n) is 7.82. The van der Waals surface area contributed by atoms with Crippen LogP contribution < -0.4 is 0 Å². The first-order valence-corrected chi connectivity index (χ1v) is 15.0. The van der Waals surface area contributed by atoms with Crippen LogP contribution in [0.1, 0.15) is 38.5 Å². The van der Waals surface area contributed by atoms with Gasteiger partial charge in [-0.05, 0) is 6.42 Å². The molecule has 110 valence electrons. The fraction of sp³-hybridized carbons (Fsp3) is 1.00. The molecule has 1 nitrogen and oxygen atoms in total. The summed E-state index contributed by atoms with van der Waals surface area (Å²) in [6.07, 6.45) is 7.76. The van der Waals surface area contributed by atoms with E-state index in [4.69, 9.17) is 5.11 Å². The Hall–Kier alpha value is 0.394. The average molecular weight is 289 g/mol. The lowest BCUT2D eigenvalue weighted by Crippen LogP contribution is -2.30. The average Bonchev–Trinajstić information content (AvgIpc) is 2.25. The standard InChI is InChI=1S/C15H36OSi2/c1-17(2,3)14-15-18(4,5)13-11-9-7-6-8-10-12-16/h16H,6-15H2,1-5H3. The van der Waals surface area contributed by atoms with Crippen molar-refractivity contribution in [2.75, 3.05) is 6.61 Å². The molecule has 0 aromatic carbocycles. The molecule has 0 saturated carbocycles. The summed E-state index contributed by atoms with van der Waals surface area (Å²) in [6, 6.07) is 4.60. The highest BCUT2D eigenvalue weighted by Gasteiger charge is 2.23. The molecule has 0 atom stereocenters. The maximum Gasteiger partial charge on any atom is 0.0470 e. The van der Waals surface area contributed by atoms with Crippen molar-refractivity contribution in [3.05, 3.63) is 0 Å². The first kappa shape index (κ1) is 18.4. The van der Waals surface area contributed by atoms with E-state index in [-0.39, 0.29) is 0 Å². The highest BCUT2D eigenvalue weighted by molar-refractivity contribution is 6.82. The number of aliphatic hydroxyl groups excluding tert-OH is 1. The van der Waals surface area contributed by atoms with E-state index in [0.29, 0.717) is 6.61 Å². The number of hydrogen-bond donors (Lipinski definition) is 1. The molecule has 0 amide bonds. The molecule has 0 heterocycles. The van der Waals surface area contributed by atoms with Crippen molar-refractivity contribution in [3.8, 4) is 0 Å². The van der Waals surface area contributed by atoms with E-state index in [1.54, 1.807) is 6.04 Å². The Balaban J connectivity index is 3.52. The quantitative estimate of drug-likeness (QED) is 0.400. The van der Waals surface area contributed by atoms with Crippen molar-refractivity contribution >= 4 is 16.1 Å². The van der Waals surface area contributed by atoms with E-state index in [9.17, 15) is 0 Å². The fourth-order valence-corrected chi connectivity index (χ4v) is 9.43. The van der Waals surface area contributed by atoms with E-state index >= 15 is 0 Å². The first-order valence-electron chi connectivity index (χ1n) is 7.88. The van der Waals surface area contributed by atoms with E-state index in [1.165, 1.54) is 44.2 Å². The van der Waals surface area contributed by atoms with Crippen molar-refractivity contribution in [1.82, 2.24) is 0 Å². The number of hydrogen-bond acceptors (Lipinski definition) is 1. The maximum atomic E-state index is 8.71. The number of unbranched alkanes of at least 4 members (excludes halogenated alkanes) is 5. The van der Waals surface area contributed by atoms with Crippen molar-refractivity contribution < 1.29 is 5.11 Å². The fourth-order valence-electron chi connectivity index (χ4n) is 2.26. The van der Waals surface area contributed by atoms with E-state index < -0.39 is 16.1 Å². The lowest BCUT2D eigenvalue weighted by Gasteiger charge is -2.26. The van der Waals surface area contributed by atoms with Gasteiger partial charge in [-0.3, -0.25) is 0 Å². The molecule has 0 unspecified atom stereocenters. The molecule has 0 bridgehead atoms. The molecular formula is C15H36OSi2. The molecule has 0 rings (SSSR count). The van der Waals surface area contributed by atoms with Gasteiger partial charge in [0.05, 0.1) is 0 Å². The molecule has 18 heavy (non-hydrogen) atoms. The van der Waals surface area contributed by atoms with Crippen LogP contribution >= 0.6 is 0 Å². The summed E-state index contributed by atoms with van der Waals surface area (Å²) in [5, 5.41) is 8.71. The second kappa shape index (κ2) is 9.32. The summed E-state index contributed by atoms with van der Waals surface area (Å²) >= 11 is 0. The second-order valence-corrected chi connectivity index (χ2v) is 18.8. The van der Waals surface area contributed by atoms with Gasteiger partial charge >= 0.3 is 0 Å². The molecule has 0 saturated heterocycles. The SMILES string of the molecule is C[Si](C)(C)CC[Si](C)(C)CCCCCCCCO. The Bertz CT molecular complexity index is 197. The van der Waals surface area contributed by atoms with Crippen molar-refractivity contribution in [2.24, 2.45) is 0 Å². The Morgan fingerprint density at radius 3 is 1.61 bits per heavy atom. The molecule has 0 spiro atoms. The van der Waals surface area contributed by atoms with Gasteiger partial charge in [0, 0.05) is 22.8 Å². The minimum absolute atomic E-state index is 0.372. The third-order valence-electron chi connectivity index (χ3n) is 3.81. The first-order chi connectivity index (χ1) is 8.27. The van der Waals surface area contributed by atoms with Crippen LogP contribution in [0, 0.1) is 0 Å². The van der Waals surface area contributed by atoms with Crippen LogP contribution in [0.5, 0.6) is 0 Å². The predicted molar refractivity (Wildman–Crippen MR) is 90.0 cm³/mol. The lowest BCUT2D eigenvalue weighted by molar-refractivity contribution is 0.282. The zero-order chi connectivity index (χ0) is 14.1. The molecule has 0 radical (unpaired) electrons. The van der Waals surface area contributed by atoms with Gasteiger partial charge in [0.2, 0.25) is 0 Å². The molecule has 0 aliphatic heterocycles. The Kier molecular flexibility index (Phi) is 9.53. The van der Waals surface area contributed by atoms with Crippen LogP contribution in [-0.2, 0) is 0 Å². The summed E-state index contributed by atoms with van der Waals surface area (Å²) in [4.78, 5) is 0.